The van der Waals surface area contributed by atoms with Crippen molar-refractivity contribution in [3.05, 3.63) is 0 Å². The van der Waals surface area contributed by atoms with Crippen LogP contribution in [0.3, 0.4) is 0 Å². The molecule has 1 atom stereocenters. The lowest BCUT2D eigenvalue weighted by Gasteiger charge is -2.26. The SMILES string of the molecule is CCCCC(N)CC(C)(C)COC=O. The molecular weight excluding hydrogens is 178 g/mol. The van der Waals surface area contributed by atoms with Gasteiger partial charge in [0.2, 0.25) is 0 Å². The van der Waals surface area contributed by atoms with E-state index in [1.165, 1.54) is 12.8 Å². The van der Waals surface area contributed by atoms with Crippen molar-refractivity contribution in [1.82, 2.24) is 0 Å². The summed E-state index contributed by atoms with van der Waals surface area (Å²) in [6.07, 6.45) is 4.31. The maximum absolute atomic E-state index is 10.1. The van der Waals surface area contributed by atoms with E-state index in [9.17, 15) is 4.79 Å². The molecule has 3 nitrogen and oxygen atoms in total. The minimum Gasteiger partial charge on any atom is -0.467 e. The van der Waals surface area contributed by atoms with E-state index in [4.69, 9.17) is 10.5 Å². The minimum atomic E-state index is -0.00588. The van der Waals surface area contributed by atoms with Gasteiger partial charge in [-0.15, -0.1) is 0 Å². The van der Waals surface area contributed by atoms with Crippen LogP contribution in [0, 0.1) is 5.41 Å². The average Bonchev–Trinajstić information content (AvgIpc) is 2.11. The molecule has 0 aliphatic rings. The van der Waals surface area contributed by atoms with Gasteiger partial charge >= 0.3 is 0 Å². The highest BCUT2D eigenvalue weighted by Gasteiger charge is 2.21. The number of hydrogen-bond acceptors (Lipinski definition) is 3. The number of ether oxygens (including phenoxy) is 1. The summed E-state index contributed by atoms with van der Waals surface area (Å²) in [5.74, 6) is 0. The topological polar surface area (TPSA) is 52.3 Å². The predicted octanol–water partition coefficient (Wildman–Crippen LogP) is 2.09. The van der Waals surface area contributed by atoms with Crippen molar-refractivity contribution in [2.45, 2.75) is 52.5 Å². The Labute approximate surface area is 87.0 Å². The summed E-state index contributed by atoms with van der Waals surface area (Å²) in [5, 5.41) is 0. The molecular formula is C11H23NO2. The maximum atomic E-state index is 10.1. The van der Waals surface area contributed by atoms with Crippen LogP contribution in [0.4, 0.5) is 0 Å². The fourth-order valence-electron chi connectivity index (χ4n) is 1.60. The molecule has 0 aliphatic carbocycles. The molecule has 14 heavy (non-hydrogen) atoms. The zero-order valence-corrected chi connectivity index (χ0v) is 9.58. The smallest absolute Gasteiger partial charge is 0.293 e. The molecule has 0 rings (SSSR count). The van der Waals surface area contributed by atoms with E-state index in [1.54, 1.807) is 0 Å². The van der Waals surface area contributed by atoms with Gasteiger partial charge in [0.15, 0.2) is 0 Å². The lowest BCUT2D eigenvalue weighted by atomic mass is 9.85. The van der Waals surface area contributed by atoms with E-state index in [-0.39, 0.29) is 11.5 Å². The first-order valence-electron chi connectivity index (χ1n) is 5.32. The first kappa shape index (κ1) is 13.4. The summed E-state index contributed by atoms with van der Waals surface area (Å²) in [4.78, 5) is 10.1. The number of hydrogen-bond donors (Lipinski definition) is 1. The van der Waals surface area contributed by atoms with Crippen LogP contribution in [0.25, 0.3) is 0 Å². The second-order valence-electron chi connectivity index (χ2n) is 4.68. The first-order valence-corrected chi connectivity index (χ1v) is 5.32. The molecule has 3 heteroatoms. The summed E-state index contributed by atoms with van der Waals surface area (Å²) in [5.41, 5.74) is 5.97. The summed E-state index contributed by atoms with van der Waals surface area (Å²) >= 11 is 0. The standard InChI is InChI=1S/C11H23NO2/c1-4-5-6-10(12)7-11(2,3)8-14-9-13/h9-10H,4-8,12H2,1-3H3. The van der Waals surface area contributed by atoms with E-state index in [2.05, 4.69) is 20.8 Å². The van der Waals surface area contributed by atoms with Gasteiger partial charge in [0.25, 0.3) is 6.47 Å². The van der Waals surface area contributed by atoms with E-state index < -0.39 is 0 Å². The average molecular weight is 201 g/mol. The fraction of sp³-hybridized carbons (Fsp3) is 0.909. The highest BCUT2D eigenvalue weighted by atomic mass is 16.5. The van der Waals surface area contributed by atoms with Crippen molar-refractivity contribution in [1.29, 1.82) is 0 Å². The van der Waals surface area contributed by atoms with Gasteiger partial charge in [0.1, 0.15) is 0 Å². The monoisotopic (exact) mass is 201 g/mol. The maximum Gasteiger partial charge on any atom is 0.293 e. The van der Waals surface area contributed by atoms with Crippen molar-refractivity contribution < 1.29 is 9.53 Å². The summed E-state index contributed by atoms with van der Waals surface area (Å²) in [6.45, 7) is 7.26. The summed E-state index contributed by atoms with van der Waals surface area (Å²) in [6, 6.07) is 0.222. The molecule has 0 heterocycles. The highest BCUT2D eigenvalue weighted by Crippen LogP contribution is 2.23. The van der Waals surface area contributed by atoms with Crippen LogP contribution in [0.2, 0.25) is 0 Å². The van der Waals surface area contributed by atoms with E-state index in [1.807, 2.05) is 0 Å². The van der Waals surface area contributed by atoms with Crippen molar-refractivity contribution in [2.24, 2.45) is 11.1 Å². The van der Waals surface area contributed by atoms with E-state index in [0.29, 0.717) is 13.1 Å². The molecule has 0 aromatic rings. The Morgan fingerprint density at radius 3 is 2.64 bits per heavy atom. The number of unbranched alkanes of at least 4 members (excludes halogenated alkanes) is 1. The van der Waals surface area contributed by atoms with Gasteiger partial charge in [-0.3, -0.25) is 4.79 Å². The fourth-order valence-corrected chi connectivity index (χ4v) is 1.60. The molecule has 0 bridgehead atoms. The Kier molecular flexibility index (Phi) is 6.54. The molecule has 0 fully saturated rings. The zero-order chi connectivity index (χ0) is 11.0. The third-order valence-corrected chi connectivity index (χ3v) is 2.29. The second kappa shape index (κ2) is 6.82. The molecule has 0 spiro atoms. The van der Waals surface area contributed by atoms with Crippen LogP contribution in [-0.4, -0.2) is 19.1 Å². The van der Waals surface area contributed by atoms with Crippen LogP contribution < -0.4 is 5.73 Å². The normalized spacial score (nSPS) is 13.7. The Bertz CT molecular complexity index is 157. The van der Waals surface area contributed by atoms with E-state index >= 15 is 0 Å². The molecule has 0 amide bonds. The molecule has 0 radical (unpaired) electrons. The summed E-state index contributed by atoms with van der Waals surface area (Å²) < 4.78 is 4.77. The Morgan fingerprint density at radius 2 is 2.14 bits per heavy atom. The largest absolute Gasteiger partial charge is 0.467 e. The molecule has 0 aromatic heterocycles. The minimum absolute atomic E-state index is 0.00588. The second-order valence-corrected chi connectivity index (χ2v) is 4.68. The third-order valence-electron chi connectivity index (χ3n) is 2.29. The van der Waals surface area contributed by atoms with Crippen LogP contribution in [-0.2, 0) is 9.53 Å². The number of carbonyl (C=O) groups is 1. The van der Waals surface area contributed by atoms with Crippen molar-refractivity contribution in [2.75, 3.05) is 6.61 Å². The van der Waals surface area contributed by atoms with Crippen LogP contribution >= 0.6 is 0 Å². The Morgan fingerprint density at radius 1 is 1.50 bits per heavy atom. The molecule has 0 aromatic carbocycles. The highest BCUT2D eigenvalue weighted by molar-refractivity contribution is 5.36. The van der Waals surface area contributed by atoms with Crippen LogP contribution in [0.15, 0.2) is 0 Å². The van der Waals surface area contributed by atoms with Gasteiger partial charge in [-0.1, -0.05) is 33.6 Å². The van der Waals surface area contributed by atoms with Gasteiger partial charge in [-0.2, -0.15) is 0 Å². The first-order chi connectivity index (χ1) is 6.52. The molecule has 0 saturated heterocycles. The molecule has 1 unspecified atom stereocenters. The van der Waals surface area contributed by atoms with Crippen molar-refractivity contribution in [3.8, 4) is 0 Å². The lowest BCUT2D eigenvalue weighted by molar-refractivity contribution is -0.131. The van der Waals surface area contributed by atoms with Gasteiger partial charge in [0.05, 0.1) is 6.61 Å². The number of carbonyl (C=O) groups excluding carboxylic acids is 1. The van der Waals surface area contributed by atoms with Crippen molar-refractivity contribution >= 4 is 6.47 Å². The number of rotatable bonds is 8. The number of nitrogens with two attached hydrogens (primary N) is 1. The Balaban J connectivity index is 3.75. The van der Waals surface area contributed by atoms with Crippen LogP contribution in [0.1, 0.15) is 46.5 Å². The van der Waals surface area contributed by atoms with Gasteiger partial charge < -0.3 is 10.5 Å². The Hall–Kier alpha value is -0.570. The lowest BCUT2D eigenvalue weighted by Crippen LogP contribution is -2.30. The quantitative estimate of drug-likeness (QED) is 0.612. The van der Waals surface area contributed by atoms with Crippen molar-refractivity contribution in [3.63, 3.8) is 0 Å². The third kappa shape index (κ3) is 6.89. The van der Waals surface area contributed by atoms with Gasteiger partial charge in [-0.25, -0.2) is 0 Å². The van der Waals surface area contributed by atoms with Crippen LogP contribution in [0.5, 0.6) is 0 Å². The molecule has 2 N–H and O–H groups in total. The molecule has 0 saturated carbocycles. The van der Waals surface area contributed by atoms with Gasteiger partial charge in [0, 0.05) is 11.5 Å². The molecule has 0 aliphatic heterocycles. The zero-order valence-electron chi connectivity index (χ0n) is 9.58. The van der Waals surface area contributed by atoms with E-state index in [0.717, 1.165) is 12.8 Å². The molecule has 84 valence electrons. The predicted molar refractivity (Wildman–Crippen MR) is 57.9 cm³/mol. The van der Waals surface area contributed by atoms with Gasteiger partial charge in [-0.05, 0) is 12.8 Å². The summed E-state index contributed by atoms with van der Waals surface area (Å²) in [7, 11) is 0.